The quantitative estimate of drug-likeness (QED) is 0.703. The molecular weight excluding hydrogens is 266 g/mol. The van der Waals surface area contributed by atoms with E-state index in [1.165, 1.54) is 6.07 Å². The highest BCUT2D eigenvalue weighted by Gasteiger charge is 2.18. The first-order chi connectivity index (χ1) is 8.97. The summed E-state index contributed by atoms with van der Waals surface area (Å²) >= 11 is 0. The third kappa shape index (κ3) is 5.14. The van der Waals surface area contributed by atoms with E-state index in [1.807, 2.05) is 20.8 Å². The number of sulfonamides is 1. The van der Waals surface area contributed by atoms with Crippen LogP contribution < -0.4 is 10.0 Å². The molecule has 0 atom stereocenters. The number of hydrogen-bond acceptors (Lipinski definition) is 5. The van der Waals surface area contributed by atoms with Crippen LogP contribution in [0.4, 0.5) is 5.82 Å². The van der Waals surface area contributed by atoms with Gasteiger partial charge in [0.2, 0.25) is 10.0 Å². The molecule has 19 heavy (non-hydrogen) atoms. The highest BCUT2D eigenvalue weighted by atomic mass is 32.2. The molecule has 0 unspecified atom stereocenters. The highest BCUT2D eigenvalue weighted by molar-refractivity contribution is 7.89. The van der Waals surface area contributed by atoms with Crippen molar-refractivity contribution in [3.63, 3.8) is 0 Å². The molecule has 1 heterocycles. The molecule has 0 aliphatic rings. The van der Waals surface area contributed by atoms with E-state index in [0.29, 0.717) is 19.0 Å². The van der Waals surface area contributed by atoms with Gasteiger partial charge in [0.05, 0.1) is 12.7 Å². The van der Waals surface area contributed by atoms with Gasteiger partial charge < -0.3 is 10.1 Å². The summed E-state index contributed by atoms with van der Waals surface area (Å²) in [5, 5.41) is 2.93. The van der Waals surface area contributed by atoms with Gasteiger partial charge in [-0.05, 0) is 32.9 Å². The maximum atomic E-state index is 12.1. The minimum absolute atomic E-state index is 0.0835. The van der Waals surface area contributed by atoms with E-state index in [4.69, 9.17) is 4.74 Å². The number of rotatable bonds is 8. The van der Waals surface area contributed by atoms with Gasteiger partial charge in [-0.25, -0.2) is 18.1 Å². The first-order valence-electron chi connectivity index (χ1n) is 6.27. The summed E-state index contributed by atoms with van der Waals surface area (Å²) in [6.07, 6.45) is 1.64. The van der Waals surface area contributed by atoms with Crippen LogP contribution in [0.3, 0.4) is 0 Å². The Morgan fingerprint density at radius 1 is 1.42 bits per heavy atom. The largest absolute Gasteiger partial charge is 0.377 e. The SMILES string of the molecule is CCNc1ncccc1S(=O)(=O)NCCOC(C)C. The van der Waals surface area contributed by atoms with Crippen molar-refractivity contribution >= 4 is 15.8 Å². The molecule has 2 N–H and O–H groups in total. The van der Waals surface area contributed by atoms with Crippen LogP contribution in [-0.4, -0.2) is 39.2 Å². The summed E-state index contributed by atoms with van der Waals surface area (Å²) in [5.41, 5.74) is 0. The van der Waals surface area contributed by atoms with Crippen LogP contribution in [0.5, 0.6) is 0 Å². The Balaban J connectivity index is 2.71. The van der Waals surface area contributed by atoms with E-state index in [0.717, 1.165) is 0 Å². The molecule has 0 amide bonds. The lowest BCUT2D eigenvalue weighted by atomic mass is 10.4. The van der Waals surface area contributed by atoms with Crippen LogP contribution in [0.15, 0.2) is 23.2 Å². The van der Waals surface area contributed by atoms with Gasteiger partial charge in [-0.3, -0.25) is 0 Å². The molecule has 0 bridgehead atoms. The van der Waals surface area contributed by atoms with Gasteiger partial charge >= 0.3 is 0 Å². The molecule has 0 aliphatic heterocycles. The van der Waals surface area contributed by atoms with Crippen molar-refractivity contribution in [1.82, 2.24) is 9.71 Å². The van der Waals surface area contributed by atoms with E-state index in [-0.39, 0.29) is 17.5 Å². The highest BCUT2D eigenvalue weighted by Crippen LogP contribution is 2.17. The minimum Gasteiger partial charge on any atom is -0.377 e. The van der Waals surface area contributed by atoms with Gasteiger partial charge in [0, 0.05) is 19.3 Å². The molecule has 0 spiro atoms. The summed E-state index contributed by atoms with van der Waals surface area (Å²) in [6.45, 7) is 6.87. The van der Waals surface area contributed by atoms with Gasteiger partial charge in [0.25, 0.3) is 0 Å². The van der Waals surface area contributed by atoms with E-state index >= 15 is 0 Å². The normalized spacial score (nSPS) is 11.8. The molecule has 0 radical (unpaired) electrons. The van der Waals surface area contributed by atoms with Crippen LogP contribution >= 0.6 is 0 Å². The van der Waals surface area contributed by atoms with Crippen LogP contribution in [0, 0.1) is 0 Å². The molecule has 7 heteroatoms. The Morgan fingerprint density at radius 2 is 2.16 bits per heavy atom. The summed E-state index contributed by atoms with van der Waals surface area (Å²) in [5.74, 6) is 0.363. The Hall–Kier alpha value is -1.18. The molecule has 1 rings (SSSR count). The van der Waals surface area contributed by atoms with Crippen molar-refractivity contribution in [2.24, 2.45) is 0 Å². The monoisotopic (exact) mass is 287 g/mol. The van der Waals surface area contributed by atoms with E-state index < -0.39 is 10.0 Å². The molecule has 0 fully saturated rings. The lowest BCUT2D eigenvalue weighted by molar-refractivity contribution is 0.0834. The maximum absolute atomic E-state index is 12.1. The fourth-order valence-electron chi connectivity index (χ4n) is 1.46. The van der Waals surface area contributed by atoms with Crippen LogP contribution in [0.2, 0.25) is 0 Å². The van der Waals surface area contributed by atoms with Gasteiger partial charge in [-0.15, -0.1) is 0 Å². The lowest BCUT2D eigenvalue weighted by Crippen LogP contribution is -2.29. The molecule has 6 nitrogen and oxygen atoms in total. The second-order valence-corrected chi connectivity index (χ2v) is 5.93. The smallest absolute Gasteiger partial charge is 0.244 e. The van der Waals surface area contributed by atoms with E-state index in [9.17, 15) is 8.42 Å². The molecular formula is C12H21N3O3S. The van der Waals surface area contributed by atoms with Crippen molar-refractivity contribution in [2.75, 3.05) is 25.0 Å². The Morgan fingerprint density at radius 3 is 2.79 bits per heavy atom. The summed E-state index contributed by atoms with van der Waals surface area (Å²) in [4.78, 5) is 4.18. The first kappa shape index (κ1) is 15.9. The number of nitrogens with zero attached hydrogens (tertiary/aromatic N) is 1. The second kappa shape index (κ2) is 7.42. The van der Waals surface area contributed by atoms with Gasteiger partial charge in [-0.1, -0.05) is 0 Å². The van der Waals surface area contributed by atoms with Gasteiger partial charge in [0.15, 0.2) is 0 Å². The molecule has 0 aromatic carbocycles. The fourth-order valence-corrected chi connectivity index (χ4v) is 2.60. The molecule has 0 saturated carbocycles. The van der Waals surface area contributed by atoms with Crippen molar-refractivity contribution in [2.45, 2.75) is 31.8 Å². The lowest BCUT2D eigenvalue weighted by Gasteiger charge is -2.12. The van der Waals surface area contributed by atoms with E-state index in [2.05, 4.69) is 15.0 Å². The summed E-state index contributed by atoms with van der Waals surface area (Å²) in [6, 6.07) is 3.12. The third-order valence-corrected chi connectivity index (χ3v) is 3.74. The number of anilines is 1. The third-order valence-electron chi connectivity index (χ3n) is 2.25. The molecule has 1 aromatic rings. The molecule has 108 valence electrons. The number of aromatic nitrogens is 1. The number of hydrogen-bond donors (Lipinski definition) is 2. The van der Waals surface area contributed by atoms with Crippen LogP contribution in [-0.2, 0) is 14.8 Å². The first-order valence-corrected chi connectivity index (χ1v) is 7.76. The van der Waals surface area contributed by atoms with E-state index in [1.54, 1.807) is 12.3 Å². The Bertz CT molecular complexity index is 489. The predicted molar refractivity (Wildman–Crippen MR) is 74.7 cm³/mol. The van der Waals surface area contributed by atoms with Gasteiger partial charge in [-0.2, -0.15) is 0 Å². The van der Waals surface area contributed by atoms with Crippen molar-refractivity contribution in [3.8, 4) is 0 Å². The zero-order chi connectivity index (χ0) is 14.3. The Kier molecular flexibility index (Phi) is 6.20. The second-order valence-electron chi connectivity index (χ2n) is 4.20. The summed E-state index contributed by atoms with van der Waals surface area (Å²) in [7, 11) is -3.57. The topological polar surface area (TPSA) is 80.3 Å². The molecule has 0 aliphatic carbocycles. The zero-order valence-electron chi connectivity index (χ0n) is 11.5. The zero-order valence-corrected chi connectivity index (χ0v) is 12.3. The Labute approximate surface area is 114 Å². The standard InChI is InChI=1S/C12H21N3O3S/c1-4-13-12-11(6-5-7-14-12)19(16,17)15-8-9-18-10(2)3/h5-7,10,15H,4,8-9H2,1-3H3,(H,13,14). The van der Waals surface area contributed by atoms with Crippen LogP contribution in [0.25, 0.3) is 0 Å². The average Bonchev–Trinajstić information content (AvgIpc) is 2.35. The van der Waals surface area contributed by atoms with Crippen molar-refractivity contribution in [3.05, 3.63) is 18.3 Å². The number of pyridine rings is 1. The molecule has 0 saturated heterocycles. The average molecular weight is 287 g/mol. The maximum Gasteiger partial charge on any atom is 0.244 e. The predicted octanol–water partition coefficient (Wildman–Crippen LogP) is 1.22. The molecule has 1 aromatic heterocycles. The van der Waals surface area contributed by atoms with Gasteiger partial charge in [0.1, 0.15) is 10.7 Å². The minimum atomic E-state index is -3.57. The summed E-state index contributed by atoms with van der Waals surface area (Å²) < 4.78 is 32.0. The number of ether oxygens (including phenoxy) is 1. The number of nitrogens with one attached hydrogen (secondary N) is 2. The van der Waals surface area contributed by atoms with Crippen molar-refractivity contribution in [1.29, 1.82) is 0 Å². The fraction of sp³-hybridized carbons (Fsp3) is 0.583. The van der Waals surface area contributed by atoms with Crippen molar-refractivity contribution < 1.29 is 13.2 Å². The van der Waals surface area contributed by atoms with Crippen LogP contribution in [0.1, 0.15) is 20.8 Å².